The Balaban J connectivity index is 2.70. The van der Waals surface area contributed by atoms with Crippen molar-refractivity contribution in [1.29, 1.82) is 0 Å². The zero-order chi connectivity index (χ0) is 16.0. The van der Waals surface area contributed by atoms with E-state index in [2.05, 4.69) is 0 Å². The second-order valence-corrected chi connectivity index (χ2v) is 6.36. The smallest absolute Gasteiger partial charge is 0.320 e. The van der Waals surface area contributed by atoms with Crippen molar-refractivity contribution in [2.45, 2.75) is 77.4 Å². The molecule has 1 saturated carbocycles. The van der Waals surface area contributed by atoms with Gasteiger partial charge in [-0.2, -0.15) is 0 Å². The van der Waals surface area contributed by atoms with Crippen molar-refractivity contribution in [3.05, 3.63) is 0 Å². The van der Waals surface area contributed by atoms with Gasteiger partial charge >= 0.3 is 5.97 Å². The Bertz CT molecular complexity index is 351. The highest BCUT2D eigenvalue weighted by atomic mass is 16.4. The molecular formula is C16H30N2O3. The predicted octanol–water partition coefficient (Wildman–Crippen LogP) is 2.35. The Morgan fingerprint density at radius 1 is 1.19 bits per heavy atom. The molecule has 0 radical (unpaired) electrons. The molecule has 1 aliphatic carbocycles. The van der Waals surface area contributed by atoms with Crippen molar-refractivity contribution in [3.63, 3.8) is 0 Å². The molecule has 1 N–H and O–H groups in total. The lowest BCUT2D eigenvalue weighted by Gasteiger charge is -2.38. The molecule has 1 amide bonds. The Hall–Kier alpha value is -1.10. The van der Waals surface area contributed by atoms with Crippen molar-refractivity contribution in [3.8, 4) is 0 Å². The molecule has 5 nitrogen and oxygen atoms in total. The van der Waals surface area contributed by atoms with Gasteiger partial charge in [0, 0.05) is 12.1 Å². The number of nitrogens with zero attached hydrogens (tertiary/aromatic N) is 2. The van der Waals surface area contributed by atoms with E-state index in [0.717, 1.165) is 12.8 Å². The summed E-state index contributed by atoms with van der Waals surface area (Å²) in [5.41, 5.74) is 0. The summed E-state index contributed by atoms with van der Waals surface area (Å²) in [6, 6.07) is -0.0993. The monoisotopic (exact) mass is 298 g/mol. The van der Waals surface area contributed by atoms with Crippen LogP contribution in [0.1, 0.15) is 59.3 Å². The van der Waals surface area contributed by atoms with E-state index in [1.165, 1.54) is 19.3 Å². The van der Waals surface area contributed by atoms with E-state index in [1.807, 2.05) is 25.7 Å². The van der Waals surface area contributed by atoms with E-state index < -0.39 is 12.0 Å². The molecule has 1 fully saturated rings. The quantitative estimate of drug-likeness (QED) is 0.784. The minimum absolute atomic E-state index is 0.0547. The molecule has 5 heteroatoms. The van der Waals surface area contributed by atoms with Crippen LogP contribution in [0.25, 0.3) is 0 Å². The van der Waals surface area contributed by atoms with Crippen molar-refractivity contribution < 1.29 is 14.7 Å². The number of likely N-dealkylation sites (N-methyl/N-ethyl adjacent to an activating group) is 1. The van der Waals surface area contributed by atoms with Crippen LogP contribution in [0.5, 0.6) is 0 Å². The predicted molar refractivity (Wildman–Crippen MR) is 83.2 cm³/mol. The van der Waals surface area contributed by atoms with Gasteiger partial charge in [0.25, 0.3) is 0 Å². The van der Waals surface area contributed by atoms with E-state index in [1.54, 1.807) is 11.9 Å². The van der Waals surface area contributed by atoms with Gasteiger partial charge in [0.05, 0.1) is 6.54 Å². The maximum absolute atomic E-state index is 12.6. The second kappa shape index (κ2) is 8.37. The molecule has 0 heterocycles. The molecule has 0 saturated heterocycles. The molecule has 0 aliphatic heterocycles. The lowest BCUT2D eigenvalue weighted by molar-refractivity contribution is -0.145. The number of rotatable bonds is 7. The van der Waals surface area contributed by atoms with Crippen LogP contribution in [-0.2, 0) is 9.59 Å². The fraction of sp³-hybridized carbons (Fsp3) is 0.875. The molecule has 0 aromatic carbocycles. The molecule has 0 aromatic heterocycles. The molecule has 0 spiro atoms. The van der Waals surface area contributed by atoms with Crippen LogP contribution in [0.4, 0.5) is 0 Å². The summed E-state index contributed by atoms with van der Waals surface area (Å²) in [4.78, 5) is 27.5. The van der Waals surface area contributed by atoms with E-state index in [-0.39, 0.29) is 18.5 Å². The van der Waals surface area contributed by atoms with Crippen LogP contribution < -0.4 is 0 Å². The maximum Gasteiger partial charge on any atom is 0.320 e. The van der Waals surface area contributed by atoms with E-state index >= 15 is 0 Å². The summed E-state index contributed by atoms with van der Waals surface area (Å²) in [5.74, 6) is -0.805. The van der Waals surface area contributed by atoms with Crippen LogP contribution in [0, 0.1) is 0 Å². The third-order valence-electron chi connectivity index (χ3n) is 4.40. The summed E-state index contributed by atoms with van der Waals surface area (Å²) in [6.07, 6.45) is 6.28. The highest BCUT2D eigenvalue weighted by molar-refractivity contribution is 5.80. The minimum atomic E-state index is -0.860. The molecule has 1 atom stereocenters. The summed E-state index contributed by atoms with van der Waals surface area (Å²) in [5, 5.41) is 9.19. The summed E-state index contributed by atoms with van der Waals surface area (Å²) >= 11 is 0. The first-order chi connectivity index (χ1) is 9.88. The third-order valence-corrected chi connectivity index (χ3v) is 4.40. The zero-order valence-corrected chi connectivity index (χ0v) is 13.8. The van der Waals surface area contributed by atoms with Crippen molar-refractivity contribution in [1.82, 2.24) is 9.80 Å². The number of hydrogen-bond donors (Lipinski definition) is 1. The van der Waals surface area contributed by atoms with Gasteiger partial charge in [0.15, 0.2) is 0 Å². The normalized spacial score (nSPS) is 18.0. The van der Waals surface area contributed by atoms with Crippen molar-refractivity contribution in [2.75, 3.05) is 13.6 Å². The zero-order valence-electron chi connectivity index (χ0n) is 13.8. The van der Waals surface area contributed by atoms with Crippen LogP contribution in [0.15, 0.2) is 0 Å². The number of hydrogen-bond acceptors (Lipinski definition) is 3. The topological polar surface area (TPSA) is 60.9 Å². The third kappa shape index (κ3) is 4.99. The average molecular weight is 298 g/mol. The lowest BCUT2D eigenvalue weighted by atomic mass is 9.93. The molecule has 0 aromatic rings. The van der Waals surface area contributed by atoms with Crippen LogP contribution in [0.2, 0.25) is 0 Å². The molecular weight excluding hydrogens is 268 g/mol. The summed E-state index contributed by atoms with van der Waals surface area (Å²) in [7, 11) is 1.72. The number of carboxylic acids is 1. The number of carbonyl (C=O) groups excluding carboxylic acids is 1. The Morgan fingerprint density at radius 2 is 1.76 bits per heavy atom. The Labute approximate surface area is 128 Å². The SMILES string of the molecule is CCC(C(=O)O)N(C)CC(=O)N(C(C)C)C1CCCCC1. The van der Waals surface area contributed by atoms with Gasteiger partial charge in [-0.05, 0) is 40.2 Å². The van der Waals surface area contributed by atoms with Gasteiger partial charge < -0.3 is 10.0 Å². The van der Waals surface area contributed by atoms with Crippen LogP contribution in [-0.4, -0.2) is 58.5 Å². The standard InChI is InChI=1S/C16H30N2O3/c1-5-14(16(20)21)17(4)11-15(19)18(12(2)3)13-9-7-6-8-10-13/h12-14H,5-11H2,1-4H3,(H,20,21). The summed E-state index contributed by atoms with van der Waals surface area (Å²) in [6.45, 7) is 6.10. The highest BCUT2D eigenvalue weighted by Crippen LogP contribution is 2.24. The largest absolute Gasteiger partial charge is 0.480 e. The van der Waals surface area contributed by atoms with Crippen LogP contribution in [0.3, 0.4) is 0 Å². The fourth-order valence-electron chi connectivity index (χ4n) is 3.35. The molecule has 1 rings (SSSR count). The first kappa shape index (κ1) is 18.0. The first-order valence-electron chi connectivity index (χ1n) is 8.12. The lowest BCUT2D eigenvalue weighted by Crippen LogP contribution is -2.51. The first-order valence-corrected chi connectivity index (χ1v) is 8.12. The van der Waals surface area contributed by atoms with Gasteiger partial charge in [-0.15, -0.1) is 0 Å². The minimum Gasteiger partial charge on any atom is -0.480 e. The Morgan fingerprint density at radius 3 is 2.19 bits per heavy atom. The van der Waals surface area contributed by atoms with Gasteiger partial charge in [-0.25, -0.2) is 0 Å². The van der Waals surface area contributed by atoms with Gasteiger partial charge in [-0.3, -0.25) is 14.5 Å². The number of aliphatic carboxylic acids is 1. The van der Waals surface area contributed by atoms with Crippen molar-refractivity contribution in [2.24, 2.45) is 0 Å². The number of amides is 1. The number of carbonyl (C=O) groups is 2. The maximum atomic E-state index is 12.6. The van der Waals surface area contributed by atoms with E-state index in [9.17, 15) is 14.7 Å². The molecule has 1 unspecified atom stereocenters. The Kier molecular flexibility index (Phi) is 7.15. The number of carboxylic acid groups (broad SMARTS) is 1. The van der Waals surface area contributed by atoms with Gasteiger partial charge in [-0.1, -0.05) is 26.2 Å². The van der Waals surface area contributed by atoms with Crippen LogP contribution >= 0.6 is 0 Å². The molecule has 0 bridgehead atoms. The van der Waals surface area contributed by atoms with Gasteiger partial charge in [0.1, 0.15) is 6.04 Å². The molecule has 122 valence electrons. The molecule has 21 heavy (non-hydrogen) atoms. The second-order valence-electron chi connectivity index (χ2n) is 6.36. The van der Waals surface area contributed by atoms with E-state index in [0.29, 0.717) is 12.5 Å². The summed E-state index contributed by atoms with van der Waals surface area (Å²) < 4.78 is 0. The molecule has 1 aliphatic rings. The highest BCUT2D eigenvalue weighted by Gasteiger charge is 2.30. The van der Waals surface area contributed by atoms with Gasteiger partial charge in [0.2, 0.25) is 5.91 Å². The van der Waals surface area contributed by atoms with Crippen molar-refractivity contribution >= 4 is 11.9 Å². The van der Waals surface area contributed by atoms with E-state index in [4.69, 9.17) is 0 Å². The fourth-order valence-corrected chi connectivity index (χ4v) is 3.35. The average Bonchev–Trinajstić information content (AvgIpc) is 2.39.